The molecule has 0 aromatic heterocycles. The summed E-state index contributed by atoms with van der Waals surface area (Å²) in [7, 11) is 0. The average molecular weight is 1550 g/mol. The fourth-order valence-electron chi connectivity index (χ4n) is 11.2. The van der Waals surface area contributed by atoms with Gasteiger partial charge in [-0.15, -0.1) is 0 Å². The highest BCUT2D eigenvalue weighted by Crippen LogP contribution is 2.17. The van der Waals surface area contributed by atoms with Gasteiger partial charge in [-0.3, -0.25) is 101 Å². The van der Waals surface area contributed by atoms with Crippen LogP contribution in [0.4, 0.5) is 0 Å². The van der Waals surface area contributed by atoms with E-state index in [4.69, 9.17) is 33.8 Å². The number of nitrogens with two attached hydrogens (primary N) is 4. The second-order valence-corrected chi connectivity index (χ2v) is 26.4. The second-order valence-electron chi connectivity index (χ2n) is 26.4. The van der Waals surface area contributed by atoms with Crippen LogP contribution in [0, 0.1) is 10.8 Å². The highest BCUT2D eigenvalue weighted by molar-refractivity contribution is 6.01. The normalized spacial score (nSPS) is 15.7. The molecule has 6 amide bonds. The van der Waals surface area contributed by atoms with Crippen LogP contribution in [0.3, 0.4) is 0 Å². The number of phenolic OH excluding ortho intramolecular Hbond substituents is 1. The number of Topliss-reactive ketones (excluding diaryl/α,β-unsaturated/α-hetero) is 4. The fraction of sp³-hybridized carbons (Fsp3) is 0.472. The zero-order valence-corrected chi connectivity index (χ0v) is 61.9. The number of carbonyl (C=O) groups is 18. The molecule has 0 fully saturated rings. The number of rotatable bonds is 60. The molecule has 0 aliphatic carbocycles. The molecule has 0 aliphatic rings. The minimum atomic E-state index is -2.45. The Morgan fingerprint density at radius 2 is 0.811 bits per heavy atom. The maximum atomic E-state index is 15.4. The molecular weight excluding hydrogens is 1450 g/mol. The van der Waals surface area contributed by atoms with Gasteiger partial charge >= 0.3 is 0 Å². The van der Waals surface area contributed by atoms with Crippen LogP contribution in [0.5, 0.6) is 5.75 Å². The van der Waals surface area contributed by atoms with Crippen molar-refractivity contribution in [1.29, 1.82) is 10.8 Å². The summed E-state index contributed by atoms with van der Waals surface area (Å²) >= 11 is 0. The van der Waals surface area contributed by atoms with Crippen molar-refractivity contribution in [3.05, 3.63) is 102 Å². The highest BCUT2D eigenvalue weighted by Gasteiger charge is 2.43. The summed E-state index contributed by atoms with van der Waals surface area (Å²) in [6.07, 6.45) is -8.22. The highest BCUT2D eigenvalue weighted by atomic mass is 16.3. The predicted molar refractivity (Wildman–Crippen MR) is 400 cm³/mol. The van der Waals surface area contributed by atoms with Crippen molar-refractivity contribution in [3.63, 3.8) is 0 Å². The Hall–Kier alpha value is -11.5. The van der Waals surface area contributed by atoms with Gasteiger partial charge in [0, 0.05) is 52.1 Å². The number of phenols is 1. The molecule has 0 spiro atoms. The lowest BCUT2D eigenvalue weighted by Crippen LogP contribution is -2.68. The van der Waals surface area contributed by atoms with Crippen LogP contribution in [-0.4, -0.2) is 236 Å². The molecule has 0 saturated carbocycles. The molecule has 0 unspecified atom stereocenters. The topological polar surface area (TPSA) is 648 Å². The molecule has 16 atom stereocenters. The van der Waals surface area contributed by atoms with Gasteiger partial charge in [0.1, 0.15) is 80.2 Å². The quantitative estimate of drug-likeness (QED) is 0.00821. The Bertz CT molecular complexity index is 3680. The molecule has 0 saturated heterocycles. The number of hydrogen-bond donors (Lipinski definition) is 21. The van der Waals surface area contributed by atoms with Gasteiger partial charge in [0.15, 0.2) is 35.1 Å². The molecule has 604 valence electrons. The van der Waals surface area contributed by atoms with Gasteiger partial charge in [0.05, 0.1) is 72.5 Å². The maximum Gasteiger partial charge on any atom is 0.239 e. The van der Waals surface area contributed by atoms with E-state index in [0.29, 0.717) is 60.7 Å². The monoisotopic (exact) mass is 1550 g/mol. The van der Waals surface area contributed by atoms with Crippen LogP contribution < -0.4 is 97.4 Å². The third-order valence-electron chi connectivity index (χ3n) is 16.9. The number of aromatic hydroxyl groups is 1. The van der Waals surface area contributed by atoms with E-state index in [2.05, 4.69) is 74.4 Å². The lowest BCUT2D eigenvalue weighted by atomic mass is 9.95. The second kappa shape index (κ2) is 49.6. The Morgan fingerprint density at radius 3 is 1.22 bits per heavy atom. The minimum absolute atomic E-state index is 0.00648. The van der Waals surface area contributed by atoms with Crippen molar-refractivity contribution in [2.45, 2.75) is 201 Å². The summed E-state index contributed by atoms with van der Waals surface area (Å²) in [5, 5.41) is 61.3. The van der Waals surface area contributed by atoms with Crippen LogP contribution in [0.15, 0.2) is 84.9 Å². The summed E-state index contributed by atoms with van der Waals surface area (Å²) in [6.45, 7) is 4.80. The number of ketones is 4. The number of nitrogens with one attached hydrogen (secondary N) is 16. The zero-order chi connectivity index (χ0) is 82.8. The van der Waals surface area contributed by atoms with Crippen LogP contribution >= 0.6 is 0 Å². The molecule has 0 aliphatic heterocycles. The molecule has 111 heavy (non-hydrogen) atoms. The summed E-state index contributed by atoms with van der Waals surface area (Å²) in [5.74, 6) is -12.3. The maximum absolute atomic E-state index is 15.4. The van der Waals surface area contributed by atoms with Crippen LogP contribution in [-0.2, 0) is 106 Å². The predicted octanol–water partition coefficient (Wildman–Crippen LogP) is -6.91. The van der Waals surface area contributed by atoms with Crippen molar-refractivity contribution >= 4 is 121 Å². The van der Waals surface area contributed by atoms with Gasteiger partial charge in [-0.2, -0.15) is 0 Å². The minimum Gasteiger partial charge on any atom is -0.508 e. The van der Waals surface area contributed by atoms with Gasteiger partial charge in [-0.25, -0.2) is 0 Å². The van der Waals surface area contributed by atoms with Crippen molar-refractivity contribution < 1.29 is 91.4 Å². The van der Waals surface area contributed by atoms with Crippen LogP contribution in [0.2, 0.25) is 0 Å². The third kappa shape index (κ3) is 35.6. The first-order valence-corrected chi connectivity index (χ1v) is 35.4. The first kappa shape index (κ1) is 93.7. The van der Waals surface area contributed by atoms with E-state index in [9.17, 15) is 72.2 Å². The lowest BCUT2D eigenvalue weighted by molar-refractivity contribution is -0.137. The van der Waals surface area contributed by atoms with Crippen molar-refractivity contribution in [1.82, 2.24) is 74.4 Å². The standard InChI is InChI=1S/C72H102N20O19/c1-41(33-93)81-57(69(111)92-72(4,91-48(36-96)18-12-24-80-71(77)78)61(106)32-54(63(74)108)84-47(35-95)17-11-23-79-70(75)76)31-60(105)66(88-51(39-99)27-46-19-21-53(102)22-20-46)90-68(110)55(85-49(37-97)25-44-13-7-5-8-14-44)29-58(103)64(82-42(2)34-94)89-67(109)56(86-52(40-100)28-62(73)107)30-59(104)65(83-43(3)101)87-50(38-98)26-45-15-9-6-10-16-45/h5-10,13-16,19-22,33-42,47-52,54-57,64-66,81-82,84-88,91,102H,11-12,17-18,23-32H2,1-4H3,(H2,73,107)(H2,74,108)(H,83,101)(H,89,109)(H,90,110)(H,92,111)(H4,75,76,79)(H4,77,78,80)/t41-,42-,47-,48-,49-,50-,51-,52-,54+,55+,56+,57+,64+,65-,66+,72+/m0/s1. The van der Waals surface area contributed by atoms with E-state index in [1.54, 1.807) is 60.7 Å². The third-order valence-corrected chi connectivity index (χ3v) is 16.9. The van der Waals surface area contributed by atoms with E-state index in [-0.39, 0.29) is 76.0 Å². The number of primary amides is 2. The van der Waals surface area contributed by atoms with E-state index < -0.39 is 193 Å². The van der Waals surface area contributed by atoms with Gasteiger partial charge in [0.25, 0.3) is 0 Å². The largest absolute Gasteiger partial charge is 0.508 e. The van der Waals surface area contributed by atoms with Gasteiger partial charge in [-0.1, -0.05) is 72.8 Å². The van der Waals surface area contributed by atoms with Crippen molar-refractivity contribution in [3.8, 4) is 5.75 Å². The van der Waals surface area contributed by atoms with Crippen molar-refractivity contribution in [2.75, 3.05) is 13.1 Å². The van der Waals surface area contributed by atoms with E-state index >= 15 is 19.2 Å². The summed E-state index contributed by atoms with van der Waals surface area (Å²) in [4.78, 5) is 244. The molecule has 3 aromatic carbocycles. The summed E-state index contributed by atoms with van der Waals surface area (Å²) in [5.41, 5.74) is 21.0. The number of amides is 6. The number of hydrogen-bond acceptors (Lipinski definition) is 29. The van der Waals surface area contributed by atoms with E-state index in [1.165, 1.54) is 38.1 Å². The molecule has 39 heteroatoms. The molecule has 3 aromatic rings. The Labute approximate surface area is 639 Å². The number of aldehydes is 8. The molecule has 0 radical (unpaired) electrons. The van der Waals surface area contributed by atoms with Gasteiger partial charge < -0.3 is 98.3 Å². The number of carbonyl (C=O) groups excluding carboxylic acids is 18. The Kier molecular flexibility index (Phi) is 41.9. The first-order valence-electron chi connectivity index (χ1n) is 35.4. The van der Waals surface area contributed by atoms with E-state index in [1.807, 2.05) is 0 Å². The number of guanidine groups is 2. The SMILES string of the molecule is CC(=O)N[C@@H](N[C@H](C=O)Cc1ccccc1)C(=O)C[C@@H](N[C@H](C=O)CC(N)=O)C(=O)N[C@@H](N[C@@H](C)C=O)C(=O)C[C@@H](N[C@H](C=O)Cc1ccccc1)C(=O)N[C@@H](N[C@H](C=O)Cc1ccc(O)cc1)C(=O)C[C@@H](N[C@@H](C)C=O)C(=O)N[C@@](C)(N[C@H](C=O)CCCNC(=N)N)C(=O)C[C@@H](N[C@H](C=O)CCCNC(=N)N)C(N)=O. The van der Waals surface area contributed by atoms with Crippen LogP contribution in [0.1, 0.15) is 102 Å². The Morgan fingerprint density at radius 1 is 0.432 bits per heavy atom. The molecule has 3 rings (SSSR count). The first-order chi connectivity index (χ1) is 52.7. The molecule has 39 nitrogen and oxygen atoms in total. The van der Waals surface area contributed by atoms with Gasteiger partial charge in [-0.05, 0) is 94.5 Å². The lowest BCUT2D eigenvalue weighted by Gasteiger charge is -2.36. The van der Waals surface area contributed by atoms with Crippen molar-refractivity contribution in [2.24, 2.45) is 22.9 Å². The molecule has 0 heterocycles. The smallest absolute Gasteiger partial charge is 0.239 e. The Balaban J connectivity index is 2.29. The molecule has 25 N–H and O–H groups in total. The zero-order valence-electron chi connectivity index (χ0n) is 61.9. The van der Waals surface area contributed by atoms with E-state index in [0.717, 1.165) is 13.8 Å². The average Bonchev–Trinajstić information content (AvgIpc) is 0.373. The summed E-state index contributed by atoms with van der Waals surface area (Å²) in [6, 6.07) is 3.78. The van der Waals surface area contributed by atoms with Gasteiger partial charge in [0.2, 0.25) is 35.4 Å². The molecule has 0 bridgehead atoms. The summed E-state index contributed by atoms with van der Waals surface area (Å²) < 4.78 is 0. The number of benzene rings is 3. The molecular formula is C72H102N20O19. The van der Waals surface area contributed by atoms with Crippen LogP contribution in [0.25, 0.3) is 0 Å². The fourth-order valence-corrected chi connectivity index (χ4v) is 11.2.